The van der Waals surface area contributed by atoms with Crippen molar-refractivity contribution in [1.29, 1.82) is 0 Å². The van der Waals surface area contributed by atoms with Gasteiger partial charge in [-0.05, 0) is 89.9 Å². The molecule has 0 unspecified atom stereocenters. The largest absolute Gasteiger partial charge is 0.343 e. The Labute approximate surface area is 142 Å². The lowest BCUT2D eigenvalue weighted by Gasteiger charge is -2.48. The molecule has 0 aromatic rings. The third-order valence-electron chi connectivity index (χ3n) is 6.69. The summed E-state index contributed by atoms with van der Waals surface area (Å²) in [7, 11) is 0. The summed E-state index contributed by atoms with van der Waals surface area (Å²) < 4.78 is 0. The molecule has 0 saturated carbocycles. The first-order valence-corrected chi connectivity index (χ1v) is 9.81. The summed E-state index contributed by atoms with van der Waals surface area (Å²) in [6.45, 7) is 11.3. The molecular formula is C19H35N3O. The number of carbonyl (C=O) groups excluding carboxylic acids is 1. The second-order valence-corrected chi connectivity index (χ2v) is 8.41. The summed E-state index contributed by atoms with van der Waals surface area (Å²) in [5.74, 6) is 1.04. The quantitative estimate of drug-likeness (QED) is 0.867. The molecule has 132 valence electrons. The van der Waals surface area contributed by atoms with Crippen molar-refractivity contribution in [3.8, 4) is 0 Å². The molecule has 0 bridgehead atoms. The van der Waals surface area contributed by atoms with E-state index in [1.165, 1.54) is 51.6 Å². The predicted octanol–water partition coefficient (Wildman–Crippen LogP) is 2.49. The molecule has 3 saturated heterocycles. The lowest BCUT2D eigenvalue weighted by Crippen LogP contribution is -2.49. The second kappa shape index (κ2) is 7.52. The van der Waals surface area contributed by atoms with Gasteiger partial charge in [-0.2, -0.15) is 0 Å². The lowest BCUT2D eigenvalue weighted by molar-refractivity contribution is -0.135. The first-order chi connectivity index (χ1) is 11.1. The highest BCUT2D eigenvalue weighted by atomic mass is 16.2. The fourth-order valence-corrected chi connectivity index (χ4v) is 4.71. The molecular weight excluding hydrogens is 286 g/mol. The molecule has 4 heteroatoms. The van der Waals surface area contributed by atoms with E-state index in [4.69, 9.17) is 0 Å². The SMILES string of the molecule is CC(C)N1CCC2(CCN(C(=O)CC3CCNCC3)CC2)CC1. The molecule has 0 radical (unpaired) electrons. The number of amides is 1. The van der Waals surface area contributed by atoms with Crippen molar-refractivity contribution in [2.24, 2.45) is 11.3 Å². The Hall–Kier alpha value is -0.610. The zero-order chi connectivity index (χ0) is 16.3. The smallest absolute Gasteiger partial charge is 0.222 e. The topological polar surface area (TPSA) is 35.6 Å². The molecule has 0 aliphatic carbocycles. The van der Waals surface area contributed by atoms with Crippen LogP contribution in [0.2, 0.25) is 0 Å². The lowest BCUT2D eigenvalue weighted by atomic mass is 9.71. The Kier molecular flexibility index (Phi) is 5.63. The van der Waals surface area contributed by atoms with Gasteiger partial charge in [0.05, 0.1) is 0 Å². The van der Waals surface area contributed by atoms with Crippen molar-refractivity contribution in [3.63, 3.8) is 0 Å². The average molecular weight is 322 g/mol. The van der Waals surface area contributed by atoms with Gasteiger partial charge in [0, 0.05) is 25.6 Å². The maximum Gasteiger partial charge on any atom is 0.222 e. The molecule has 0 aromatic carbocycles. The Morgan fingerprint density at radius 3 is 2.17 bits per heavy atom. The number of hydrogen-bond donors (Lipinski definition) is 1. The van der Waals surface area contributed by atoms with E-state index < -0.39 is 0 Å². The number of nitrogens with zero attached hydrogens (tertiary/aromatic N) is 2. The molecule has 1 amide bonds. The maximum atomic E-state index is 12.6. The highest BCUT2D eigenvalue weighted by Crippen LogP contribution is 2.41. The Balaban J connectivity index is 1.44. The van der Waals surface area contributed by atoms with Gasteiger partial charge in [-0.1, -0.05) is 0 Å². The molecule has 3 fully saturated rings. The minimum Gasteiger partial charge on any atom is -0.343 e. The van der Waals surface area contributed by atoms with Gasteiger partial charge in [-0.15, -0.1) is 0 Å². The van der Waals surface area contributed by atoms with E-state index in [1.807, 2.05) is 0 Å². The fraction of sp³-hybridized carbons (Fsp3) is 0.947. The fourth-order valence-electron chi connectivity index (χ4n) is 4.71. The van der Waals surface area contributed by atoms with Crippen LogP contribution >= 0.6 is 0 Å². The van der Waals surface area contributed by atoms with Crippen molar-refractivity contribution in [2.45, 2.75) is 64.8 Å². The van der Waals surface area contributed by atoms with E-state index in [0.29, 0.717) is 23.3 Å². The van der Waals surface area contributed by atoms with E-state index in [2.05, 4.69) is 29.0 Å². The van der Waals surface area contributed by atoms with Crippen molar-refractivity contribution in [3.05, 3.63) is 0 Å². The van der Waals surface area contributed by atoms with Crippen molar-refractivity contribution < 1.29 is 4.79 Å². The van der Waals surface area contributed by atoms with Crippen molar-refractivity contribution in [2.75, 3.05) is 39.3 Å². The molecule has 3 heterocycles. The minimum absolute atomic E-state index is 0.423. The van der Waals surface area contributed by atoms with Crippen LogP contribution in [0.5, 0.6) is 0 Å². The number of piperidine rings is 3. The van der Waals surface area contributed by atoms with Crippen molar-refractivity contribution in [1.82, 2.24) is 15.1 Å². The van der Waals surface area contributed by atoms with Crippen LogP contribution in [0.15, 0.2) is 0 Å². The number of hydrogen-bond acceptors (Lipinski definition) is 3. The summed E-state index contributed by atoms with van der Waals surface area (Å²) >= 11 is 0. The van der Waals surface area contributed by atoms with Crippen LogP contribution in [0.4, 0.5) is 0 Å². The van der Waals surface area contributed by atoms with E-state index >= 15 is 0 Å². The predicted molar refractivity (Wildman–Crippen MR) is 94.4 cm³/mol. The van der Waals surface area contributed by atoms with Crippen LogP contribution < -0.4 is 5.32 Å². The Morgan fingerprint density at radius 2 is 1.61 bits per heavy atom. The molecule has 3 aliphatic rings. The summed E-state index contributed by atoms with van der Waals surface area (Å²) in [5.41, 5.74) is 0.539. The van der Waals surface area contributed by atoms with Crippen LogP contribution in [0.1, 0.15) is 58.8 Å². The number of rotatable bonds is 3. The molecule has 1 N–H and O–H groups in total. The van der Waals surface area contributed by atoms with E-state index in [9.17, 15) is 4.79 Å². The maximum absolute atomic E-state index is 12.6. The van der Waals surface area contributed by atoms with Gasteiger partial charge in [0.15, 0.2) is 0 Å². The third kappa shape index (κ3) is 4.27. The van der Waals surface area contributed by atoms with Gasteiger partial charge in [-0.25, -0.2) is 0 Å². The van der Waals surface area contributed by atoms with Crippen LogP contribution in [-0.2, 0) is 4.79 Å². The first-order valence-electron chi connectivity index (χ1n) is 9.81. The van der Waals surface area contributed by atoms with Crippen LogP contribution in [0, 0.1) is 11.3 Å². The van der Waals surface area contributed by atoms with Crippen LogP contribution in [0.3, 0.4) is 0 Å². The van der Waals surface area contributed by atoms with E-state index in [-0.39, 0.29) is 0 Å². The molecule has 3 rings (SSSR count). The highest BCUT2D eigenvalue weighted by Gasteiger charge is 2.39. The summed E-state index contributed by atoms with van der Waals surface area (Å²) in [6, 6.07) is 0.680. The molecule has 0 atom stereocenters. The van der Waals surface area contributed by atoms with E-state index in [0.717, 1.165) is 32.6 Å². The number of nitrogens with one attached hydrogen (secondary N) is 1. The molecule has 23 heavy (non-hydrogen) atoms. The van der Waals surface area contributed by atoms with Gasteiger partial charge < -0.3 is 15.1 Å². The zero-order valence-corrected chi connectivity index (χ0v) is 15.1. The van der Waals surface area contributed by atoms with Gasteiger partial charge in [0.25, 0.3) is 0 Å². The number of carbonyl (C=O) groups is 1. The summed E-state index contributed by atoms with van der Waals surface area (Å²) in [6.07, 6.45) is 8.27. The molecule has 0 aromatic heterocycles. The standard InChI is InChI=1S/C19H35N3O/c1-16(2)21-11-5-19(6-12-21)7-13-22(14-8-19)18(23)15-17-3-9-20-10-4-17/h16-17,20H,3-15H2,1-2H3. The highest BCUT2D eigenvalue weighted by molar-refractivity contribution is 5.76. The summed E-state index contributed by atoms with van der Waals surface area (Å²) in [4.78, 5) is 17.4. The Bertz CT molecular complexity index is 385. The van der Waals surface area contributed by atoms with Gasteiger partial charge in [0.2, 0.25) is 5.91 Å². The zero-order valence-electron chi connectivity index (χ0n) is 15.1. The van der Waals surface area contributed by atoms with E-state index in [1.54, 1.807) is 0 Å². The second-order valence-electron chi connectivity index (χ2n) is 8.41. The van der Waals surface area contributed by atoms with Gasteiger partial charge in [0.1, 0.15) is 0 Å². The summed E-state index contributed by atoms with van der Waals surface area (Å²) in [5, 5.41) is 3.39. The average Bonchev–Trinajstić information content (AvgIpc) is 2.57. The van der Waals surface area contributed by atoms with Crippen molar-refractivity contribution >= 4 is 5.91 Å². The number of likely N-dealkylation sites (tertiary alicyclic amines) is 2. The van der Waals surface area contributed by atoms with Crippen LogP contribution in [-0.4, -0.2) is 61.0 Å². The van der Waals surface area contributed by atoms with Gasteiger partial charge >= 0.3 is 0 Å². The molecule has 3 aliphatic heterocycles. The molecule has 1 spiro atoms. The molecule has 4 nitrogen and oxygen atoms in total. The normalized spacial score (nSPS) is 26.8. The van der Waals surface area contributed by atoms with Gasteiger partial charge in [-0.3, -0.25) is 4.79 Å². The monoisotopic (exact) mass is 321 g/mol. The van der Waals surface area contributed by atoms with Crippen LogP contribution in [0.25, 0.3) is 0 Å². The first kappa shape index (κ1) is 17.2. The Morgan fingerprint density at radius 1 is 1.04 bits per heavy atom. The minimum atomic E-state index is 0.423. The third-order valence-corrected chi connectivity index (χ3v) is 6.69.